The SMILES string of the molecule is CC(C)c1nn(CC(=O)O)c(=O)c2sc(C3CC3(F)F)nc12. The van der Waals surface area contributed by atoms with E-state index >= 15 is 0 Å². The molecule has 0 saturated heterocycles. The van der Waals surface area contributed by atoms with Crippen molar-refractivity contribution in [2.45, 2.75) is 44.6 Å². The summed E-state index contributed by atoms with van der Waals surface area (Å²) < 4.78 is 27.5. The lowest BCUT2D eigenvalue weighted by Gasteiger charge is -2.08. The number of carboxylic acid groups (broad SMARTS) is 1. The van der Waals surface area contributed by atoms with Crippen molar-refractivity contribution in [3.63, 3.8) is 0 Å². The Balaban J connectivity index is 2.20. The first kappa shape index (κ1) is 15.0. The molecule has 2 heterocycles. The number of halogens is 2. The van der Waals surface area contributed by atoms with Crippen LogP contribution in [0.1, 0.15) is 42.8 Å². The van der Waals surface area contributed by atoms with Crippen molar-refractivity contribution in [1.82, 2.24) is 14.8 Å². The summed E-state index contributed by atoms with van der Waals surface area (Å²) in [5, 5.41) is 13.1. The highest BCUT2D eigenvalue weighted by Gasteiger charge is 2.59. The Kier molecular flexibility index (Phi) is 3.28. The van der Waals surface area contributed by atoms with Crippen LogP contribution in [0.15, 0.2) is 4.79 Å². The molecule has 2 aromatic heterocycles. The summed E-state index contributed by atoms with van der Waals surface area (Å²) in [5.74, 6) is -5.02. The summed E-state index contributed by atoms with van der Waals surface area (Å²) in [6, 6.07) is 0. The van der Waals surface area contributed by atoms with Crippen LogP contribution in [0.2, 0.25) is 0 Å². The van der Waals surface area contributed by atoms with Gasteiger partial charge in [0.05, 0.1) is 11.6 Å². The molecule has 2 aromatic rings. The van der Waals surface area contributed by atoms with Crippen LogP contribution >= 0.6 is 11.3 Å². The summed E-state index contributed by atoms with van der Waals surface area (Å²) >= 11 is 0.912. The molecule has 0 spiro atoms. The summed E-state index contributed by atoms with van der Waals surface area (Å²) in [5.41, 5.74) is 0.154. The number of alkyl halides is 2. The monoisotopic (exact) mass is 329 g/mol. The van der Waals surface area contributed by atoms with Crippen LogP contribution in [0.25, 0.3) is 10.2 Å². The van der Waals surface area contributed by atoms with E-state index < -0.39 is 29.9 Å². The average molecular weight is 329 g/mol. The van der Waals surface area contributed by atoms with Crippen molar-refractivity contribution in [2.75, 3.05) is 0 Å². The van der Waals surface area contributed by atoms with Crippen molar-refractivity contribution in [3.8, 4) is 0 Å². The first-order valence-corrected chi connectivity index (χ1v) is 7.53. The number of fused-ring (bicyclic) bond motifs is 1. The van der Waals surface area contributed by atoms with E-state index in [1.165, 1.54) is 0 Å². The predicted octanol–water partition coefficient (Wildman–Crippen LogP) is 2.18. The maximum absolute atomic E-state index is 13.2. The zero-order valence-electron chi connectivity index (χ0n) is 11.8. The number of hydrogen-bond donors (Lipinski definition) is 1. The molecule has 0 bridgehead atoms. The molecule has 1 aliphatic rings. The molecule has 0 radical (unpaired) electrons. The van der Waals surface area contributed by atoms with E-state index in [0.717, 1.165) is 16.0 Å². The van der Waals surface area contributed by atoms with Gasteiger partial charge in [-0.15, -0.1) is 11.3 Å². The third kappa shape index (κ3) is 2.39. The molecule has 118 valence electrons. The summed E-state index contributed by atoms with van der Waals surface area (Å²) in [6.45, 7) is 3.07. The molecule has 1 aliphatic carbocycles. The number of thiazole rings is 1. The number of nitrogens with zero attached hydrogens (tertiary/aromatic N) is 3. The van der Waals surface area contributed by atoms with Gasteiger partial charge in [-0.1, -0.05) is 13.8 Å². The average Bonchev–Trinajstić information content (AvgIpc) is 2.84. The molecule has 9 heteroatoms. The minimum Gasteiger partial charge on any atom is -0.480 e. The van der Waals surface area contributed by atoms with Gasteiger partial charge in [-0.3, -0.25) is 9.59 Å². The molecule has 0 aromatic carbocycles. The zero-order valence-corrected chi connectivity index (χ0v) is 12.7. The van der Waals surface area contributed by atoms with E-state index in [-0.39, 0.29) is 22.0 Å². The molecule has 3 rings (SSSR count). The Labute approximate surface area is 127 Å². The van der Waals surface area contributed by atoms with Crippen LogP contribution in [0.5, 0.6) is 0 Å². The highest BCUT2D eigenvalue weighted by atomic mass is 32.1. The van der Waals surface area contributed by atoms with Crippen molar-refractivity contribution in [1.29, 1.82) is 0 Å². The van der Waals surface area contributed by atoms with Gasteiger partial charge in [0.25, 0.3) is 11.5 Å². The van der Waals surface area contributed by atoms with Gasteiger partial charge in [-0.2, -0.15) is 5.10 Å². The van der Waals surface area contributed by atoms with E-state index in [9.17, 15) is 18.4 Å². The van der Waals surface area contributed by atoms with Gasteiger partial charge in [-0.25, -0.2) is 18.4 Å². The van der Waals surface area contributed by atoms with Gasteiger partial charge in [0.1, 0.15) is 21.8 Å². The lowest BCUT2D eigenvalue weighted by molar-refractivity contribution is -0.138. The molecule has 1 N–H and O–H groups in total. The highest BCUT2D eigenvalue weighted by molar-refractivity contribution is 7.18. The number of aliphatic carboxylic acids is 1. The van der Waals surface area contributed by atoms with Crippen LogP contribution in [0.3, 0.4) is 0 Å². The minimum absolute atomic E-state index is 0.113. The van der Waals surface area contributed by atoms with Crippen LogP contribution < -0.4 is 5.56 Å². The topological polar surface area (TPSA) is 85.1 Å². The summed E-state index contributed by atoms with van der Waals surface area (Å²) in [7, 11) is 0. The zero-order chi connectivity index (χ0) is 16.2. The Morgan fingerprint density at radius 3 is 2.68 bits per heavy atom. The van der Waals surface area contributed by atoms with Crippen molar-refractivity contribution in [2.24, 2.45) is 0 Å². The van der Waals surface area contributed by atoms with Gasteiger partial charge in [0.2, 0.25) is 0 Å². The minimum atomic E-state index is -2.76. The summed E-state index contributed by atoms with van der Waals surface area (Å²) in [4.78, 5) is 27.3. The van der Waals surface area contributed by atoms with E-state index in [4.69, 9.17) is 5.11 Å². The first-order valence-electron chi connectivity index (χ1n) is 6.71. The van der Waals surface area contributed by atoms with Gasteiger partial charge < -0.3 is 5.11 Å². The third-order valence-corrected chi connectivity index (χ3v) is 4.66. The lowest BCUT2D eigenvalue weighted by Crippen LogP contribution is -2.27. The van der Waals surface area contributed by atoms with Crippen LogP contribution in [0, 0.1) is 0 Å². The molecule has 6 nitrogen and oxygen atoms in total. The molecule has 1 unspecified atom stereocenters. The molecule has 1 atom stereocenters. The molecule has 22 heavy (non-hydrogen) atoms. The normalized spacial score (nSPS) is 19.8. The Hall–Kier alpha value is -1.90. The van der Waals surface area contributed by atoms with E-state index in [1.54, 1.807) is 0 Å². The van der Waals surface area contributed by atoms with Crippen LogP contribution in [-0.4, -0.2) is 31.8 Å². The number of rotatable bonds is 4. The number of hydrogen-bond acceptors (Lipinski definition) is 5. The third-order valence-electron chi connectivity index (χ3n) is 3.50. The molecular formula is C13H13F2N3O3S. The van der Waals surface area contributed by atoms with E-state index in [0.29, 0.717) is 11.2 Å². The van der Waals surface area contributed by atoms with Crippen molar-refractivity contribution in [3.05, 3.63) is 21.1 Å². The fraction of sp³-hybridized carbons (Fsp3) is 0.538. The van der Waals surface area contributed by atoms with Gasteiger partial charge in [0.15, 0.2) is 0 Å². The van der Waals surface area contributed by atoms with Crippen LogP contribution in [0.4, 0.5) is 8.78 Å². The number of aromatic nitrogens is 3. The van der Waals surface area contributed by atoms with Crippen molar-refractivity contribution >= 4 is 27.5 Å². The number of carbonyl (C=O) groups is 1. The molecule has 0 amide bonds. The largest absolute Gasteiger partial charge is 0.480 e. The second-order valence-corrected chi connectivity index (χ2v) is 6.67. The van der Waals surface area contributed by atoms with Crippen LogP contribution in [-0.2, 0) is 11.3 Å². The highest BCUT2D eigenvalue weighted by Crippen LogP contribution is 2.56. The predicted molar refractivity (Wildman–Crippen MR) is 75.7 cm³/mol. The van der Waals surface area contributed by atoms with Gasteiger partial charge in [0, 0.05) is 6.42 Å². The fourth-order valence-electron chi connectivity index (χ4n) is 2.25. The maximum Gasteiger partial charge on any atom is 0.325 e. The van der Waals surface area contributed by atoms with Gasteiger partial charge >= 0.3 is 5.97 Å². The Bertz CT molecular complexity index is 828. The molecular weight excluding hydrogens is 316 g/mol. The van der Waals surface area contributed by atoms with Crippen molar-refractivity contribution < 1.29 is 18.7 Å². The maximum atomic E-state index is 13.2. The summed E-state index contributed by atoms with van der Waals surface area (Å²) in [6.07, 6.45) is -0.263. The second kappa shape index (κ2) is 4.80. The Morgan fingerprint density at radius 2 is 2.18 bits per heavy atom. The number of carboxylic acids is 1. The quantitative estimate of drug-likeness (QED) is 0.929. The Morgan fingerprint density at radius 1 is 1.55 bits per heavy atom. The second-order valence-electron chi connectivity index (χ2n) is 5.64. The van der Waals surface area contributed by atoms with Gasteiger partial charge in [-0.05, 0) is 5.92 Å². The standard InChI is InChI=1S/C13H13F2N3O3S/c1-5(2)8-9-10(12(21)18(17-8)4-7(19)20)22-11(16-9)6-3-13(6,14)15/h5-6H,3-4H2,1-2H3,(H,19,20). The first-order chi connectivity index (χ1) is 10.2. The molecule has 1 saturated carbocycles. The van der Waals surface area contributed by atoms with E-state index in [2.05, 4.69) is 10.1 Å². The van der Waals surface area contributed by atoms with E-state index in [1.807, 2.05) is 13.8 Å². The molecule has 1 fully saturated rings. The smallest absolute Gasteiger partial charge is 0.325 e. The fourth-order valence-corrected chi connectivity index (χ4v) is 3.43. The molecule has 0 aliphatic heterocycles. The lowest BCUT2D eigenvalue weighted by atomic mass is 10.1.